The van der Waals surface area contributed by atoms with Crippen molar-refractivity contribution in [2.24, 2.45) is 0 Å². The van der Waals surface area contributed by atoms with Crippen LogP contribution in [0.2, 0.25) is 0 Å². The largest absolute Gasteiger partial charge is 0.454 e. The molecule has 0 spiro atoms. The molecule has 0 aliphatic carbocycles. The molecule has 0 saturated heterocycles. The Morgan fingerprint density at radius 1 is 0.862 bits per heavy atom. The van der Waals surface area contributed by atoms with Gasteiger partial charge in [0, 0.05) is 11.1 Å². The maximum atomic E-state index is 12.5. The van der Waals surface area contributed by atoms with Crippen molar-refractivity contribution in [3.8, 4) is 11.5 Å². The van der Waals surface area contributed by atoms with Crippen LogP contribution < -0.4 is 25.6 Å². The van der Waals surface area contributed by atoms with Gasteiger partial charge in [0.2, 0.25) is 6.79 Å². The molecule has 1 aliphatic rings. The highest BCUT2D eigenvalue weighted by molar-refractivity contribution is 5.98. The van der Waals surface area contributed by atoms with Crippen molar-refractivity contribution >= 4 is 17.7 Å². The Bertz CT molecular complexity index is 945. The number of amides is 3. The Hall–Kier alpha value is -3.76. The monoisotopic (exact) mass is 409 g/mol. The molecular formula is C18H14F3N3O5. The maximum Gasteiger partial charge on any atom is 0.416 e. The van der Waals surface area contributed by atoms with E-state index in [0.717, 1.165) is 24.3 Å². The van der Waals surface area contributed by atoms with Crippen LogP contribution in [-0.4, -0.2) is 31.1 Å². The minimum absolute atomic E-state index is 0.0461. The molecule has 0 fully saturated rings. The van der Waals surface area contributed by atoms with Gasteiger partial charge in [-0.1, -0.05) is 0 Å². The molecule has 0 radical (unpaired) electrons. The van der Waals surface area contributed by atoms with Crippen LogP contribution in [0.4, 0.5) is 13.2 Å². The number of benzene rings is 2. The third kappa shape index (κ3) is 4.94. The lowest BCUT2D eigenvalue weighted by atomic mass is 10.1. The van der Waals surface area contributed by atoms with Crippen LogP contribution in [0.25, 0.3) is 0 Å². The fraction of sp³-hybridized carbons (Fsp3) is 0.167. The normalized spacial score (nSPS) is 12.2. The van der Waals surface area contributed by atoms with Crippen molar-refractivity contribution in [3.05, 3.63) is 59.2 Å². The summed E-state index contributed by atoms with van der Waals surface area (Å²) >= 11 is 0. The van der Waals surface area contributed by atoms with Gasteiger partial charge in [0.05, 0.1) is 12.1 Å². The summed E-state index contributed by atoms with van der Waals surface area (Å²) in [6.45, 7) is -0.447. The van der Waals surface area contributed by atoms with Crippen LogP contribution in [0.1, 0.15) is 26.3 Å². The number of nitrogens with one attached hydrogen (secondary N) is 3. The van der Waals surface area contributed by atoms with E-state index in [4.69, 9.17) is 9.47 Å². The summed E-state index contributed by atoms with van der Waals surface area (Å²) in [5.41, 5.74) is 3.55. The molecule has 0 saturated carbocycles. The van der Waals surface area contributed by atoms with E-state index < -0.39 is 36.0 Å². The average Bonchev–Trinajstić information content (AvgIpc) is 3.17. The lowest BCUT2D eigenvalue weighted by molar-refractivity contribution is -0.137. The third-order valence-corrected chi connectivity index (χ3v) is 3.83. The number of alkyl halides is 3. The van der Waals surface area contributed by atoms with E-state index in [-0.39, 0.29) is 17.9 Å². The van der Waals surface area contributed by atoms with E-state index in [1.54, 1.807) is 6.07 Å². The smallest absolute Gasteiger partial charge is 0.416 e. The van der Waals surface area contributed by atoms with Crippen LogP contribution in [-0.2, 0) is 11.0 Å². The molecule has 1 heterocycles. The van der Waals surface area contributed by atoms with Gasteiger partial charge in [0.1, 0.15) is 0 Å². The quantitative estimate of drug-likeness (QED) is 0.666. The van der Waals surface area contributed by atoms with Gasteiger partial charge in [-0.2, -0.15) is 13.2 Å². The summed E-state index contributed by atoms with van der Waals surface area (Å²) in [6.07, 6.45) is -4.51. The van der Waals surface area contributed by atoms with Crippen molar-refractivity contribution in [3.63, 3.8) is 0 Å². The van der Waals surface area contributed by atoms with E-state index in [0.29, 0.717) is 11.5 Å². The van der Waals surface area contributed by atoms with Crippen molar-refractivity contribution in [1.29, 1.82) is 0 Å². The van der Waals surface area contributed by atoms with Gasteiger partial charge < -0.3 is 14.8 Å². The van der Waals surface area contributed by atoms with Crippen LogP contribution >= 0.6 is 0 Å². The Morgan fingerprint density at radius 2 is 1.52 bits per heavy atom. The molecule has 3 amide bonds. The van der Waals surface area contributed by atoms with Crippen LogP contribution in [0.5, 0.6) is 11.5 Å². The van der Waals surface area contributed by atoms with Gasteiger partial charge in [-0.05, 0) is 42.5 Å². The maximum absolute atomic E-state index is 12.5. The Kier molecular flexibility index (Phi) is 5.57. The molecule has 0 aromatic heterocycles. The molecule has 0 bridgehead atoms. The topological polar surface area (TPSA) is 106 Å². The Labute approximate surface area is 162 Å². The second-order valence-corrected chi connectivity index (χ2v) is 5.83. The fourth-order valence-corrected chi connectivity index (χ4v) is 2.35. The Morgan fingerprint density at radius 3 is 2.21 bits per heavy atom. The summed E-state index contributed by atoms with van der Waals surface area (Å²) in [4.78, 5) is 35.7. The van der Waals surface area contributed by atoms with Gasteiger partial charge in [-0.25, -0.2) is 0 Å². The number of carbonyl (C=O) groups is 3. The number of fused-ring (bicyclic) bond motifs is 1. The number of hydrogen-bond acceptors (Lipinski definition) is 5. The minimum Gasteiger partial charge on any atom is -0.454 e. The predicted molar refractivity (Wildman–Crippen MR) is 92.0 cm³/mol. The number of hydrazine groups is 1. The standard InChI is InChI=1S/C18H14F3N3O5/c19-18(20,21)12-4-1-10(2-5-12)16(26)22-8-15(25)23-24-17(27)11-3-6-13-14(7-11)29-9-28-13/h1-7H,8-9H2,(H,22,26)(H,23,25)(H,24,27). The lowest BCUT2D eigenvalue weighted by Crippen LogP contribution is -2.46. The summed E-state index contributed by atoms with van der Waals surface area (Å²) in [7, 11) is 0. The molecule has 29 heavy (non-hydrogen) atoms. The van der Waals surface area contributed by atoms with Gasteiger partial charge >= 0.3 is 6.18 Å². The van der Waals surface area contributed by atoms with Gasteiger partial charge in [-0.3, -0.25) is 25.2 Å². The molecule has 3 N–H and O–H groups in total. The van der Waals surface area contributed by atoms with Crippen molar-refractivity contribution in [2.45, 2.75) is 6.18 Å². The molecule has 1 aliphatic heterocycles. The first-order chi connectivity index (χ1) is 13.7. The first-order valence-corrected chi connectivity index (χ1v) is 8.18. The fourth-order valence-electron chi connectivity index (χ4n) is 2.35. The number of carbonyl (C=O) groups excluding carboxylic acids is 3. The van der Waals surface area contributed by atoms with E-state index >= 15 is 0 Å². The molecule has 8 nitrogen and oxygen atoms in total. The number of hydrogen-bond donors (Lipinski definition) is 3. The second kappa shape index (κ2) is 8.09. The molecular weight excluding hydrogens is 395 g/mol. The zero-order valence-electron chi connectivity index (χ0n) is 14.6. The lowest BCUT2D eigenvalue weighted by Gasteiger charge is -2.10. The average molecular weight is 409 g/mol. The molecule has 152 valence electrons. The van der Waals surface area contributed by atoms with Gasteiger partial charge in [0.25, 0.3) is 17.7 Å². The second-order valence-electron chi connectivity index (χ2n) is 5.83. The SMILES string of the molecule is O=C(CNC(=O)c1ccc(C(F)(F)F)cc1)NNC(=O)c1ccc2c(c1)OCO2. The van der Waals surface area contributed by atoms with E-state index in [2.05, 4.69) is 16.2 Å². The molecule has 0 unspecified atom stereocenters. The minimum atomic E-state index is -4.51. The highest BCUT2D eigenvalue weighted by atomic mass is 19.4. The first-order valence-electron chi connectivity index (χ1n) is 8.18. The highest BCUT2D eigenvalue weighted by Gasteiger charge is 2.30. The zero-order valence-corrected chi connectivity index (χ0v) is 14.6. The predicted octanol–water partition coefficient (Wildman–Crippen LogP) is 1.63. The van der Waals surface area contributed by atoms with E-state index in [1.165, 1.54) is 12.1 Å². The van der Waals surface area contributed by atoms with Crippen LogP contribution in [0, 0.1) is 0 Å². The van der Waals surface area contributed by atoms with Crippen LogP contribution in [0.3, 0.4) is 0 Å². The number of ether oxygens (including phenoxy) is 2. The molecule has 0 atom stereocenters. The third-order valence-electron chi connectivity index (χ3n) is 3.83. The van der Waals surface area contributed by atoms with Crippen molar-refractivity contribution in [1.82, 2.24) is 16.2 Å². The van der Waals surface area contributed by atoms with Crippen molar-refractivity contribution < 1.29 is 37.0 Å². The van der Waals surface area contributed by atoms with E-state index in [9.17, 15) is 27.6 Å². The number of halogens is 3. The van der Waals surface area contributed by atoms with Crippen molar-refractivity contribution in [2.75, 3.05) is 13.3 Å². The van der Waals surface area contributed by atoms with Gasteiger partial charge in [-0.15, -0.1) is 0 Å². The molecule has 3 rings (SSSR count). The first kappa shape index (κ1) is 20.0. The van der Waals surface area contributed by atoms with Crippen LogP contribution in [0.15, 0.2) is 42.5 Å². The summed E-state index contributed by atoms with van der Waals surface area (Å²) < 4.78 is 47.8. The summed E-state index contributed by atoms with van der Waals surface area (Å²) in [5, 5.41) is 2.23. The molecule has 2 aromatic rings. The zero-order chi connectivity index (χ0) is 21.0. The molecule has 11 heteroatoms. The molecule has 2 aromatic carbocycles. The van der Waals surface area contributed by atoms with E-state index in [1.807, 2.05) is 0 Å². The van der Waals surface area contributed by atoms with Gasteiger partial charge in [0.15, 0.2) is 11.5 Å². The Balaban J connectivity index is 1.46. The number of rotatable bonds is 4. The summed E-state index contributed by atoms with van der Waals surface area (Å²) in [5.74, 6) is -1.20. The highest BCUT2D eigenvalue weighted by Crippen LogP contribution is 2.32. The summed E-state index contributed by atoms with van der Waals surface area (Å²) in [6, 6.07) is 7.98.